The quantitative estimate of drug-likeness (QED) is 0.547. The van der Waals surface area contributed by atoms with Gasteiger partial charge in [-0.2, -0.15) is 0 Å². The number of hydrogen-bond acceptors (Lipinski definition) is 6. The molecule has 0 amide bonds. The smallest absolute Gasteiger partial charge is 0.324 e. The molecule has 0 spiro atoms. The molecule has 0 radical (unpaired) electrons. The minimum absolute atomic E-state index is 0.0325. The summed E-state index contributed by atoms with van der Waals surface area (Å²) in [7, 11) is 0. The minimum Gasteiger partial charge on any atom is -0.466 e. The van der Waals surface area contributed by atoms with E-state index >= 15 is 0 Å². The van der Waals surface area contributed by atoms with Crippen molar-refractivity contribution in [1.29, 1.82) is 0 Å². The van der Waals surface area contributed by atoms with Crippen LogP contribution in [0.3, 0.4) is 0 Å². The maximum atomic E-state index is 12.7. The molecule has 2 aromatic rings. The zero-order valence-corrected chi connectivity index (χ0v) is 13.9. The standard InChI is InChI=1S/C18H21NO5/c1-3-18(16(20)22-4-2,12-14-8-5-6-10-19-14)17(21)24-13-15-9-7-11-23-15/h5-11H,3-4,12-13H2,1-2H3. The average Bonchev–Trinajstić information content (AvgIpc) is 3.12. The van der Waals surface area contributed by atoms with E-state index in [4.69, 9.17) is 13.9 Å². The zero-order chi connectivity index (χ0) is 17.4. The highest BCUT2D eigenvalue weighted by Crippen LogP contribution is 2.31. The Hall–Kier alpha value is -2.63. The molecule has 0 aliphatic rings. The van der Waals surface area contributed by atoms with Crippen LogP contribution in [0.15, 0.2) is 47.2 Å². The summed E-state index contributed by atoms with van der Waals surface area (Å²) < 4.78 is 15.6. The van der Waals surface area contributed by atoms with Crippen LogP contribution in [-0.2, 0) is 32.1 Å². The van der Waals surface area contributed by atoms with Crippen molar-refractivity contribution in [3.05, 3.63) is 54.2 Å². The van der Waals surface area contributed by atoms with Crippen LogP contribution in [0.2, 0.25) is 0 Å². The fourth-order valence-corrected chi connectivity index (χ4v) is 2.39. The van der Waals surface area contributed by atoms with E-state index in [-0.39, 0.29) is 26.1 Å². The Labute approximate surface area is 140 Å². The van der Waals surface area contributed by atoms with Gasteiger partial charge in [-0.1, -0.05) is 13.0 Å². The highest BCUT2D eigenvalue weighted by atomic mass is 16.6. The van der Waals surface area contributed by atoms with E-state index in [0.29, 0.717) is 11.5 Å². The van der Waals surface area contributed by atoms with Gasteiger partial charge in [-0.05, 0) is 37.6 Å². The maximum Gasteiger partial charge on any atom is 0.324 e. The lowest BCUT2D eigenvalue weighted by molar-refractivity contribution is -0.174. The molecule has 0 aromatic carbocycles. The highest BCUT2D eigenvalue weighted by molar-refractivity contribution is 6.00. The van der Waals surface area contributed by atoms with Crippen molar-refractivity contribution in [2.24, 2.45) is 5.41 Å². The number of carbonyl (C=O) groups is 2. The summed E-state index contributed by atoms with van der Waals surface area (Å²) in [6.07, 6.45) is 3.49. The van der Waals surface area contributed by atoms with Gasteiger partial charge < -0.3 is 13.9 Å². The van der Waals surface area contributed by atoms with E-state index in [9.17, 15) is 9.59 Å². The van der Waals surface area contributed by atoms with Crippen LogP contribution in [0.25, 0.3) is 0 Å². The molecule has 128 valence electrons. The van der Waals surface area contributed by atoms with Gasteiger partial charge in [0.25, 0.3) is 0 Å². The van der Waals surface area contributed by atoms with Gasteiger partial charge >= 0.3 is 11.9 Å². The van der Waals surface area contributed by atoms with Crippen LogP contribution in [0.1, 0.15) is 31.7 Å². The molecule has 0 aliphatic heterocycles. The van der Waals surface area contributed by atoms with Crippen LogP contribution in [0.5, 0.6) is 0 Å². The van der Waals surface area contributed by atoms with Crippen molar-refractivity contribution in [1.82, 2.24) is 4.98 Å². The molecule has 2 heterocycles. The van der Waals surface area contributed by atoms with Crippen molar-refractivity contribution in [3.8, 4) is 0 Å². The molecule has 2 rings (SSSR count). The monoisotopic (exact) mass is 331 g/mol. The van der Waals surface area contributed by atoms with Gasteiger partial charge in [0.05, 0.1) is 12.9 Å². The van der Waals surface area contributed by atoms with E-state index in [1.54, 1.807) is 44.3 Å². The molecule has 0 fully saturated rings. The lowest BCUT2D eigenvalue weighted by Crippen LogP contribution is -2.43. The fraction of sp³-hybridized carbons (Fsp3) is 0.389. The summed E-state index contributed by atoms with van der Waals surface area (Å²) in [6.45, 7) is 3.62. The number of pyridine rings is 1. The normalized spacial score (nSPS) is 13.1. The van der Waals surface area contributed by atoms with E-state index in [2.05, 4.69) is 4.98 Å². The van der Waals surface area contributed by atoms with Crippen molar-refractivity contribution < 1.29 is 23.5 Å². The summed E-state index contributed by atoms with van der Waals surface area (Å²) in [5.74, 6) is -0.719. The van der Waals surface area contributed by atoms with Gasteiger partial charge in [-0.15, -0.1) is 0 Å². The first-order valence-corrected chi connectivity index (χ1v) is 7.89. The predicted octanol–water partition coefficient (Wildman–Crippen LogP) is 2.92. The summed E-state index contributed by atoms with van der Waals surface area (Å²) in [4.78, 5) is 29.5. The number of ether oxygens (including phenoxy) is 2. The SMILES string of the molecule is CCOC(=O)C(CC)(Cc1ccccn1)C(=O)OCc1ccco1. The molecule has 24 heavy (non-hydrogen) atoms. The van der Waals surface area contributed by atoms with Crippen molar-refractivity contribution in [2.45, 2.75) is 33.3 Å². The number of nitrogens with zero attached hydrogens (tertiary/aromatic N) is 1. The van der Waals surface area contributed by atoms with Gasteiger partial charge in [0.2, 0.25) is 0 Å². The fourth-order valence-electron chi connectivity index (χ4n) is 2.39. The lowest BCUT2D eigenvalue weighted by atomic mass is 9.80. The summed E-state index contributed by atoms with van der Waals surface area (Å²) in [5.41, 5.74) is -0.793. The highest BCUT2D eigenvalue weighted by Gasteiger charge is 2.48. The van der Waals surface area contributed by atoms with Gasteiger partial charge in [0, 0.05) is 18.3 Å². The number of aromatic nitrogens is 1. The summed E-state index contributed by atoms with van der Waals surface area (Å²) in [5, 5.41) is 0. The molecule has 6 heteroatoms. The largest absolute Gasteiger partial charge is 0.466 e. The van der Waals surface area contributed by atoms with Crippen molar-refractivity contribution >= 4 is 11.9 Å². The van der Waals surface area contributed by atoms with E-state index in [1.807, 2.05) is 6.07 Å². The minimum atomic E-state index is -1.42. The second-order valence-corrected chi connectivity index (χ2v) is 5.31. The Morgan fingerprint density at radius 3 is 2.50 bits per heavy atom. The molecule has 1 atom stereocenters. The third-order valence-electron chi connectivity index (χ3n) is 3.80. The summed E-state index contributed by atoms with van der Waals surface area (Å²) >= 11 is 0. The Balaban J connectivity index is 2.22. The van der Waals surface area contributed by atoms with Crippen LogP contribution in [0, 0.1) is 5.41 Å². The molecular weight excluding hydrogens is 310 g/mol. The van der Waals surface area contributed by atoms with E-state index in [0.717, 1.165) is 0 Å². The average molecular weight is 331 g/mol. The van der Waals surface area contributed by atoms with Crippen LogP contribution in [0.4, 0.5) is 0 Å². The number of furan rings is 1. The van der Waals surface area contributed by atoms with E-state index < -0.39 is 17.4 Å². The topological polar surface area (TPSA) is 78.6 Å². The molecule has 0 N–H and O–H groups in total. The Bertz CT molecular complexity index is 653. The van der Waals surface area contributed by atoms with Crippen LogP contribution in [-0.4, -0.2) is 23.5 Å². The molecule has 2 aromatic heterocycles. The van der Waals surface area contributed by atoms with Gasteiger partial charge in [-0.3, -0.25) is 14.6 Å². The van der Waals surface area contributed by atoms with Gasteiger partial charge in [0.1, 0.15) is 12.4 Å². The maximum absolute atomic E-state index is 12.7. The number of esters is 2. The molecule has 0 saturated carbocycles. The molecule has 0 saturated heterocycles. The van der Waals surface area contributed by atoms with E-state index in [1.165, 1.54) is 6.26 Å². The molecular formula is C18H21NO5. The molecule has 6 nitrogen and oxygen atoms in total. The van der Waals surface area contributed by atoms with Gasteiger partial charge in [-0.25, -0.2) is 0 Å². The Morgan fingerprint density at radius 1 is 1.12 bits per heavy atom. The molecule has 0 aliphatic carbocycles. The Morgan fingerprint density at radius 2 is 1.92 bits per heavy atom. The first kappa shape index (κ1) is 17.7. The molecule has 0 bridgehead atoms. The Kier molecular flexibility index (Phi) is 6.12. The summed E-state index contributed by atoms with van der Waals surface area (Å²) in [6, 6.07) is 8.75. The second-order valence-electron chi connectivity index (χ2n) is 5.31. The first-order valence-electron chi connectivity index (χ1n) is 7.89. The number of carbonyl (C=O) groups excluding carboxylic acids is 2. The lowest BCUT2D eigenvalue weighted by Gasteiger charge is -2.27. The first-order chi connectivity index (χ1) is 11.6. The second kappa shape index (κ2) is 8.29. The van der Waals surface area contributed by atoms with Crippen LogP contribution < -0.4 is 0 Å². The third-order valence-corrected chi connectivity index (χ3v) is 3.80. The van der Waals surface area contributed by atoms with Crippen LogP contribution >= 0.6 is 0 Å². The number of hydrogen-bond donors (Lipinski definition) is 0. The number of rotatable bonds is 8. The van der Waals surface area contributed by atoms with Gasteiger partial charge in [0.15, 0.2) is 5.41 Å². The van der Waals surface area contributed by atoms with Crippen molar-refractivity contribution in [3.63, 3.8) is 0 Å². The molecule has 1 unspecified atom stereocenters. The third kappa shape index (κ3) is 4.01. The van der Waals surface area contributed by atoms with Crippen molar-refractivity contribution in [2.75, 3.05) is 6.61 Å². The predicted molar refractivity (Wildman–Crippen MR) is 85.8 cm³/mol. The zero-order valence-electron chi connectivity index (χ0n) is 13.9.